The molecule has 0 saturated carbocycles. The summed E-state index contributed by atoms with van der Waals surface area (Å²) in [6.45, 7) is 3.72. The highest BCUT2D eigenvalue weighted by Crippen LogP contribution is 2.15. The molecule has 3 rings (SSSR count). The number of hydrogen-bond acceptors (Lipinski definition) is 3. The normalized spacial score (nSPS) is 12.2. The molecule has 0 saturated heterocycles. The van der Waals surface area contributed by atoms with E-state index in [1.807, 2.05) is 18.2 Å². The number of carbonyl (C=O) groups is 1. The Balaban J connectivity index is 0.000000160. The zero-order valence-electron chi connectivity index (χ0n) is 12.5. The number of amides is 1. The molecule has 0 atom stereocenters. The van der Waals surface area contributed by atoms with E-state index in [9.17, 15) is 9.90 Å². The summed E-state index contributed by atoms with van der Waals surface area (Å²) in [5.74, 6) is -0.851. The highest BCUT2D eigenvalue weighted by Gasteiger charge is 2.15. The first-order valence-corrected chi connectivity index (χ1v) is 7.23. The topological polar surface area (TPSA) is 61.7 Å². The van der Waals surface area contributed by atoms with Crippen molar-refractivity contribution in [2.24, 2.45) is 4.99 Å². The van der Waals surface area contributed by atoms with Gasteiger partial charge < -0.3 is 9.84 Å². The second-order valence-electron chi connectivity index (χ2n) is 4.81. The second-order valence-corrected chi connectivity index (χ2v) is 4.81. The van der Waals surface area contributed by atoms with Crippen LogP contribution in [0.5, 0.6) is 0 Å². The number of fused-ring (bicyclic) bond motifs is 1. The summed E-state index contributed by atoms with van der Waals surface area (Å²) >= 11 is 0. The number of benzene rings is 2. The van der Waals surface area contributed by atoms with Crippen LogP contribution in [-0.2, 0) is 11.3 Å². The van der Waals surface area contributed by atoms with E-state index in [1.165, 1.54) is 5.56 Å². The number of carbonyl (C=O) groups excluding carboxylic acids is 1. The van der Waals surface area contributed by atoms with Crippen LogP contribution in [-0.4, -0.2) is 18.4 Å². The molecule has 4 nitrogen and oxygen atoms in total. The maximum atomic E-state index is 10.9. The maximum Gasteiger partial charge on any atom is 0.277 e. The molecule has 0 N–H and O–H groups in total. The lowest BCUT2D eigenvalue weighted by molar-refractivity contribution is -0.212. The monoisotopic (exact) mass is 296 g/mol. The van der Waals surface area contributed by atoms with Crippen molar-refractivity contribution >= 4 is 11.8 Å². The number of hydrogen-bond donors (Lipinski definition) is 0. The molecule has 1 amide bonds. The number of rotatable bonds is 4. The Kier molecular flexibility index (Phi) is 5.86. The smallest absolute Gasteiger partial charge is 0.277 e. The molecule has 2 aromatic carbocycles. The summed E-state index contributed by atoms with van der Waals surface area (Å²) in [6, 6.07) is 16.9. The van der Waals surface area contributed by atoms with Crippen LogP contribution in [0.4, 0.5) is 0 Å². The van der Waals surface area contributed by atoms with Crippen LogP contribution < -0.4 is 5.11 Å². The first-order chi connectivity index (χ1) is 10.7. The first kappa shape index (κ1) is 15.9. The summed E-state index contributed by atoms with van der Waals surface area (Å²) < 4.78 is 5.37. The van der Waals surface area contributed by atoms with Gasteiger partial charge in [-0.2, -0.15) is 0 Å². The van der Waals surface area contributed by atoms with E-state index in [-0.39, 0.29) is 0 Å². The fourth-order valence-corrected chi connectivity index (χ4v) is 1.98. The molecule has 1 aliphatic heterocycles. The second kappa shape index (κ2) is 8.10. The Hall–Kier alpha value is -2.46. The van der Waals surface area contributed by atoms with Crippen LogP contribution in [0.1, 0.15) is 34.8 Å². The lowest BCUT2D eigenvalue weighted by Gasteiger charge is -2.02. The summed E-state index contributed by atoms with van der Waals surface area (Å²) in [5.41, 5.74) is 2.08. The Bertz CT molecular complexity index is 650. The third-order valence-electron chi connectivity index (χ3n) is 3.05. The average molecular weight is 296 g/mol. The van der Waals surface area contributed by atoms with Crippen LogP contribution in [0.15, 0.2) is 59.6 Å². The number of nitrogens with zero attached hydrogens (tertiary/aromatic N) is 1. The third kappa shape index (κ3) is 4.27. The van der Waals surface area contributed by atoms with Crippen molar-refractivity contribution in [2.75, 3.05) is 6.61 Å². The Labute approximate surface area is 130 Å². The van der Waals surface area contributed by atoms with Crippen molar-refractivity contribution in [1.29, 1.82) is 0 Å². The van der Waals surface area contributed by atoms with Crippen molar-refractivity contribution in [3.63, 3.8) is 0 Å². The summed E-state index contributed by atoms with van der Waals surface area (Å²) in [5, 5.41) is 10.9. The molecule has 0 aromatic heterocycles. The molecule has 1 heterocycles. The molecule has 114 valence electrons. The average Bonchev–Trinajstić information content (AvgIpc) is 2.85. The SMILES string of the molecule is CCCOCc1ccccc1.O=C1N=C([O-])c2ccccc21. The molecule has 0 unspecified atom stereocenters. The van der Waals surface area contributed by atoms with Gasteiger partial charge in [0.25, 0.3) is 5.91 Å². The van der Waals surface area contributed by atoms with Crippen molar-refractivity contribution in [1.82, 2.24) is 0 Å². The minimum atomic E-state index is -0.425. The van der Waals surface area contributed by atoms with Crippen LogP contribution in [0.3, 0.4) is 0 Å². The third-order valence-corrected chi connectivity index (χ3v) is 3.05. The van der Waals surface area contributed by atoms with Gasteiger partial charge in [-0.3, -0.25) is 4.79 Å². The molecule has 0 radical (unpaired) electrons. The predicted molar refractivity (Wildman–Crippen MR) is 83.7 cm³/mol. The van der Waals surface area contributed by atoms with Crippen molar-refractivity contribution in [2.45, 2.75) is 20.0 Å². The van der Waals surface area contributed by atoms with E-state index in [0.717, 1.165) is 19.6 Å². The molecular formula is C18H18NO3-. The Morgan fingerprint density at radius 2 is 1.64 bits per heavy atom. The quantitative estimate of drug-likeness (QED) is 0.815. The van der Waals surface area contributed by atoms with Gasteiger partial charge in [0.15, 0.2) is 0 Å². The van der Waals surface area contributed by atoms with Gasteiger partial charge in [-0.05, 0) is 29.5 Å². The lowest BCUT2D eigenvalue weighted by Crippen LogP contribution is -2.15. The van der Waals surface area contributed by atoms with E-state index in [4.69, 9.17) is 4.74 Å². The standard InChI is InChI=1S/C10H14O.C8H5NO2/c1-2-8-11-9-10-6-4-3-5-7-10;10-7-5-3-1-2-4-6(5)8(11)9-7/h3-7H,2,8-9H2,1H3;1-4H,(H,9,10,11)/p-1. The van der Waals surface area contributed by atoms with E-state index >= 15 is 0 Å². The van der Waals surface area contributed by atoms with E-state index in [0.29, 0.717) is 11.1 Å². The van der Waals surface area contributed by atoms with E-state index in [2.05, 4.69) is 24.0 Å². The van der Waals surface area contributed by atoms with Crippen molar-refractivity contribution in [3.8, 4) is 0 Å². The molecule has 0 bridgehead atoms. The zero-order valence-corrected chi connectivity index (χ0v) is 12.5. The summed E-state index contributed by atoms with van der Waals surface area (Å²) in [6.07, 6.45) is 1.09. The summed E-state index contributed by atoms with van der Waals surface area (Å²) in [4.78, 5) is 14.2. The fraction of sp³-hybridized carbons (Fsp3) is 0.222. The molecular weight excluding hydrogens is 278 g/mol. The van der Waals surface area contributed by atoms with Gasteiger partial charge in [0, 0.05) is 12.2 Å². The minimum absolute atomic E-state index is 0.414. The van der Waals surface area contributed by atoms with Gasteiger partial charge in [-0.1, -0.05) is 55.5 Å². The molecule has 4 heteroatoms. The van der Waals surface area contributed by atoms with Gasteiger partial charge >= 0.3 is 0 Å². The molecule has 2 aromatic rings. The molecule has 22 heavy (non-hydrogen) atoms. The fourth-order valence-electron chi connectivity index (χ4n) is 1.98. The largest absolute Gasteiger partial charge is 0.858 e. The molecule has 0 aliphatic carbocycles. The highest BCUT2D eigenvalue weighted by molar-refractivity contribution is 6.16. The van der Waals surface area contributed by atoms with Crippen LogP contribution in [0.25, 0.3) is 0 Å². The van der Waals surface area contributed by atoms with Gasteiger partial charge in [-0.15, -0.1) is 0 Å². The zero-order chi connectivity index (χ0) is 15.8. The van der Waals surface area contributed by atoms with Crippen LogP contribution >= 0.6 is 0 Å². The number of aliphatic imine (C=N–C) groups is 1. The lowest BCUT2D eigenvalue weighted by atomic mass is 10.1. The summed E-state index contributed by atoms with van der Waals surface area (Å²) in [7, 11) is 0. The van der Waals surface area contributed by atoms with Gasteiger partial charge in [0.1, 0.15) is 0 Å². The van der Waals surface area contributed by atoms with E-state index < -0.39 is 11.8 Å². The highest BCUT2D eigenvalue weighted by atomic mass is 16.5. The predicted octanol–water partition coefficient (Wildman–Crippen LogP) is 2.56. The first-order valence-electron chi connectivity index (χ1n) is 7.23. The Morgan fingerprint density at radius 1 is 1.00 bits per heavy atom. The van der Waals surface area contributed by atoms with Crippen LogP contribution in [0.2, 0.25) is 0 Å². The van der Waals surface area contributed by atoms with Gasteiger partial charge in [0.2, 0.25) is 0 Å². The molecule has 1 aliphatic rings. The van der Waals surface area contributed by atoms with Gasteiger partial charge in [-0.25, -0.2) is 4.99 Å². The van der Waals surface area contributed by atoms with E-state index in [1.54, 1.807) is 24.3 Å². The van der Waals surface area contributed by atoms with Gasteiger partial charge in [0.05, 0.1) is 6.61 Å². The Morgan fingerprint density at radius 3 is 2.27 bits per heavy atom. The molecule has 0 spiro atoms. The minimum Gasteiger partial charge on any atom is -0.858 e. The number of ether oxygens (including phenoxy) is 1. The van der Waals surface area contributed by atoms with Crippen molar-refractivity contribution < 1.29 is 14.6 Å². The maximum absolute atomic E-state index is 10.9. The molecule has 0 fully saturated rings. The van der Waals surface area contributed by atoms with Crippen LogP contribution in [0, 0.1) is 0 Å². The van der Waals surface area contributed by atoms with Crippen molar-refractivity contribution in [3.05, 3.63) is 71.3 Å².